The standard InChI is InChI=1S/C21H24N6O4/c1-21(2,3)27-18-14(10-23-27)20(30)26(12-22-18)24-19(29)13-9-17(28)25(11-13)15-7-5-6-8-16(15)31-4/h5-8,10,12-13H,9,11H2,1-4H3,(H,24,29). The van der Waals surface area contributed by atoms with Gasteiger partial charge >= 0.3 is 0 Å². The molecule has 1 atom stereocenters. The van der Waals surface area contributed by atoms with Crippen molar-refractivity contribution in [2.75, 3.05) is 24.0 Å². The fourth-order valence-corrected chi connectivity index (χ4v) is 3.66. The van der Waals surface area contributed by atoms with Crippen LogP contribution in [-0.2, 0) is 15.1 Å². The number of fused-ring (bicyclic) bond motifs is 1. The van der Waals surface area contributed by atoms with Crippen molar-refractivity contribution < 1.29 is 14.3 Å². The first-order valence-electron chi connectivity index (χ1n) is 9.91. The van der Waals surface area contributed by atoms with E-state index in [1.165, 1.54) is 24.5 Å². The van der Waals surface area contributed by atoms with E-state index in [-0.39, 0.29) is 24.4 Å². The molecule has 2 amide bonds. The van der Waals surface area contributed by atoms with Crippen molar-refractivity contribution in [3.05, 3.63) is 47.1 Å². The molecule has 162 valence electrons. The number of methoxy groups -OCH3 is 1. The van der Waals surface area contributed by atoms with Crippen molar-refractivity contribution in [2.45, 2.75) is 32.7 Å². The first-order chi connectivity index (χ1) is 14.7. The molecule has 3 aromatic rings. The molecule has 1 saturated heterocycles. The number of amides is 2. The molecule has 1 unspecified atom stereocenters. The van der Waals surface area contributed by atoms with E-state index in [0.717, 1.165) is 4.68 Å². The third-order valence-corrected chi connectivity index (χ3v) is 5.23. The number of ether oxygens (including phenoxy) is 1. The summed E-state index contributed by atoms with van der Waals surface area (Å²) in [4.78, 5) is 44.0. The summed E-state index contributed by atoms with van der Waals surface area (Å²) in [6.07, 6.45) is 2.75. The lowest BCUT2D eigenvalue weighted by Crippen LogP contribution is -2.37. The van der Waals surface area contributed by atoms with Gasteiger partial charge in [-0.1, -0.05) is 12.1 Å². The first-order valence-corrected chi connectivity index (χ1v) is 9.91. The van der Waals surface area contributed by atoms with E-state index in [4.69, 9.17) is 4.74 Å². The molecule has 2 aromatic heterocycles. The maximum atomic E-state index is 12.8. The third kappa shape index (κ3) is 3.65. The Balaban J connectivity index is 1.55. The Kier molecular flexibility index (Phi) is 5.00. The lowest BCUT2D eigenvalue weighted by Gasteiger charge is -2.20. The second kappa shape index (κ2) is 7.53. The van der Waals surface area contributed by atoms with Crippen LogP contribution in [0.25, 0.3) is 11.0 Å². The maximum absolute atomic E-state index is 12.8. The van der Waals surface area contributed by atoms with Gasteiger partial charge in [0.2, 0.25) is 11.8 Å². The highest BCUT2D eigenvalue weighted by atomic mass is 16.5. The second-order valence-electron chi connectivity index (χ2n) is 8.44. The molecule has 31 heavy (non-hydrogen) atoms. The van der Waals surface area contributed by atoms with Gasteiger partial charge in [0.15, 0.2) is 5.65 Å². The van der Waals surface area contributed by atoms with Crippen molar-refractivity contribution in [2.24, 2.45) is 5.92 Å². The molecule has 0 spiro atoms. The van der Waals surface area contributed by atoms with Gasteiger partial charge in [0.25, 0.3) is 5.56 Å². The summed E-state index contributed by atoms with van der Waals surface area (Å²) in [5.41, 5.74) is 2.85. The topological polar surface area (TPSA) is 111 Å². The number of anilines is 1. The molecular formula is C21H24N6O4. The largest absolute Gasteiger partial charge is 0.495 e. The summed E-state index contributed by atoms with van der Waals surface area (Å²) < 4.78 is 8.02. The van der Waals surface area contributed by atoms with Gasteiger partial charge in [-0.05, 0) is 32.9 Å². The highest BCUT2D eigenvalue weighted by Gasteiger charge is 2.36. The van der Waals surface area contributed by atoms with Gasteiger partial charge in [0.1, 0.15) is 17.5 Å². The summed E-state index contributed by atoms with van der Waals surface area (Å²) in [6, 6.07) is 7.14. The average molecular weight is 424 g/mol. The zero-order chi connectivity index (χ0) is 22.3. The number of nitrogens with zero attached hydrogens (tertiary/aromatic N) is 5. The molecule has 10 nitrogen and oxygen atoms in total. The lowest BCUT2D eigenvalue weighted by atomic mass is 10.1. The van der Waals surface area contributed by atoms with E-state index in [0.29, 0.717) is 22.5 Å². The Hall–Kier alpha value is -3.69. The molecule has 0 aliphatic carbocycles. The van der Waals surface area contributed by atoms with Gasteiger partial charge in [-0.3, -0.25) is 19.8 Å². The van der Waals surface area contributed by atoms with Crippen molar-refractivity contribution in [1.82, 2.24) is 19.4 Å². The van der Waals surface area contributed by atoms with Crippen LogP contribution < -0.4 is 20.6 Å². The fourth-order valence-electron chi connectivity index (χ4n) is 3.66. The Labute approximate surface area is 178 Å². The molecule has 0 bridgehead atoms. The second-order valence-corrected chi connectivity index (χ2v) is 8.44. The first kappa shape index (κ1) is 20.6. The van der Waals surface area contributed by atoms with E-state index in [1.807, 2.05) is 26.8 Å². The number of benzene rings is 1. The number of para-hydroxylation sites is 2. The SMILES string of the molecule is COc1ccccc1N1CC(C(=O)Nn2cnc3c(cnn3C(C)(C)C)c2=O)CC1=O. The predicted octanol–water partition coefficient (Wildman–Crippen LogP) is 1.48. The van der Waals surface area contributed by atoms with Crippen LogP contribution in [0.3, 0.4) is 0 Å². The minimum absolute atomic E-state index is 0.0380. The Morgan fingerprint density at radius 3 is 2.68 bits per heavy atom. The Morgan fingerprint density at radius 2 is 1.97 bits per heavy atom. The van der Waals surface area contributed by atoms with Gasteiger partial charge in [0.05, 0.1) is 30.5 Å². The Bertz CT molecular complexity index is 1220. The molecule has 1 aliphatic heterocycles. The van der Waals surface area contributed by atoms with Gasteiger partial charge < -0.3 is 9.64 Å². The summed E-state index contributed by atoms with van der Waals surface area (Å²) in [7, 11) is 1.53. The van der Waals surface area contributed by atoms with Crippen LogP contribution in [0, 0.1) is 5.92 Å². The number of rotatable bonds is 4. The number of nitrogens with one attached hydrogen (secondary N) is 1. The van der Waals surface area contributed by atoms with Crippen LogP contribution in [0.15, 0.2) is 41.6 Å². The smallest absolute Gasteiger partial charge is 0.283 e. The maximum Gasteiger partial charge on any atom is 0.283 e. The van der Waals surface area contributed by atoms with Gasteiger partial charge in [-0.25, -0.2) is 14.3 Å². The van der Waals surface area contributed by atoms with Crippen molar-refractivity contribution in [3.63, 3.8) is 0 Å². The molecule has 1 aromatic carbocycles. The minimum Gasteiger partial charge on any atom is -0.495 e. The summed E-state index contributed by atoms with van der Waals surface area (Å²) >= 11 is 0. The molecule has 0 radical (unpaired) electrons. The number of carbonyl (C=O) groups excluding carboxylic acids is 2. The van der Waals surface area contributed by atoms with Crippen molar-refractivity contribution in [1.29, 1.82) is 0 Å². The van der Waals surface area contributed by atoms with Crippen LogP contribution in [-0.4, -0.2) is 44.9 Å². The molecule has 10 heteroatoms. The van der Waals surface area contributed by atoms with Gasteiger partial charge in [-0.2, -0.15) is 5.10 Å². The van der Waals surface area contributed by atoms with Crippen LogP contribution in [0.5, 0.6) is 5.75 Å². The van der Waals surface area contributed by atoms with Crippen molar-refractivity contribution in [3.8, 4) is 5.75 Å². The van der Waals surface area contributed by atoms with E-state index >= 15 is 0 Å². The number of aromatic nitrogens is 4. The zero-order valence-electron chi connectivity index (χ0n) is 17.8. The van der Waals surface area contributed by atoms with E-state index < -0.39 is 17.4 Å². The molecule has 4 rings (SSSR count). The van der Waals surface area contributed by atoms with Crippen LogP contribution in [0.4, 0.5) is 5.69 Å². The molecular weight excluding hydrogens is 400 g/mol. The minimum atomic E-state index is -0.614. The molecule has 1 fully saturated rings. The monoisotopic (exact) mass is 424 g/mol. The molecule has 3 heterocycles. The number of hydrogen-bond acceptors (Lipinski definition) is 6. The zero-order valence-corrected chi connectivity index (χ0v) is 17.8. The van der Waals surface area contributed by atoms with Gasteiger partial charge in [0, 0.05) is 13.0 Å². The Morgan fingerprint density at radius 1 is 1.23 bits per heavy atom. The molecule has 1 N–H and O–H groups in total. The van der Waals surface area contributed by atoms with E-state index in [2.05, 4.69) is 15.5 Å². The lowest BCUT2D eigenvalue weighted by molar-refractivity contribution is -0.123. The molecule has 1 aliphatic rings. The fraction of sp³-hybridized carbons (Fsp3) is 0.381. The summed E-state index contributed by atoms with van der Waals surface area (Å²) in [6.45, 7) is 6.06. The van der Waals surface area contributed by atoms with Crippen LogP contribution >= 0.6 is 0 Å². The third-order valence-electron chi connectivity index (χ3n) is 5.23. The van der Waals surface area contributed by atoms with Crippen LogP contribution in [0.1, 0.15) is 27.2 Å². The average Bonchev–Trinajstić information content (AvgIpc) is 3.34. The van der Waals surface area contributed by atoms with Gasteiger partial charge in [-0.15, -0.1) is 0 Å². The quantitative estimate of drug-likeness (QED) is 0.679. The van der Waals surface area contributed by atoms with Crippen LogP contribution in [0.2, 0.25) is 0 Å². The van der Waals surface area contributed by atoms with Crippen molar-refractivity contribution >= 4 is 28.5 Å². The summed E-state index contributed by atoms with van der Waals surface area (Å²) in [5.74, 6) is -0.676. The highest BCUT2D eigenvalue weighted by molar-refractivity contribution is 6.02. The van der Waals surface area contributed by atoms with E-state index in [9.17, 15) is 14.4 Å². The predicted molar refractivity (Wildman–Crippen MR) is 115 cm³/mol. The highest BCUT2D eigenvalue weighted by Crippen LogP contribution is 2.32. The number of carbonyl (C=O) groups is 2. The molecule has 0 saturated carbocycles. The van der Waals surface area contributed by atoms with E-state index in [1.54, 1.807) is 22.9 Å². The number of hydrogen-bond donors (Lipinski definition) is 1. The normalized spacial score (nSPS) is 16.7. The summed E-state index contributed by atoms with van der Waals surface area (Å²) in [5, 5.41) is 4.56.